The number of hydrogen-bond donors (Lipinski definition) is 3. The molecule has 236 valence electrons. The number of halogens is 3. The zero-order chi connectivity index (χ0) is 32.4. The molecular weight excluding hydrogens is 633 g/mol. The first-order valence-electron chi connectivity index (χ1n) is 13.6. The van der Waals surface area contributed by atoms with E-state index in [1.54, 1.807) is 36.4 Å². The molecule has 0 radical (unpaired) electrons. The van der Waals surface area contributed by atoms with Crippen molar-refractivity contribution in [3.8, 4) is 11.5 Å². The smallest absolute Gasteiger partial charge is 0.328 e. The summed E-state index contributed by atoms with van der Waals surface area (Å²) in [6.07, 6.45) is 3.94. The number of allylic oxidation sites excluding steroid dienone is 2. The van der Waals surface area contributed by atoms with Crippen LogP contribution in [-0.4, -0.2) is 62.6 Å². The summed E-state index contributed by atoms with van der Waals surface area (Å²) in [6, 6.07) is 8.65. The van der Waals surface area contributed by atoms with Gasteiger partial charge in [-0.2, -0.15) is 0 Å². The van der Waals surface area contributed by atoms with Crippen molar-refractivity contribution in [3.63, 3.8) is 0 Å². The van der Waals surface area contributed by atoms with E-state index in [4.69, 9.17) is 49.0 Å². The topological polar surface area (TPSA) is 132 Å². The third-order valence-corrected chi connectivity index (χ3v) is 7.76. The third kappa shape index (κ3) is 8.25. The summed E-state index contributed by atoms with van der Waals surface area (Å²) < 4.78 is 16.3. The van der Waals surface area contributed by atoms with Crippen molar-refractivity contribution < 1.29 is 33.4 Å². The second kappa shape index (κ2) is 15.8. The number of nitrogens with one attached hydrogen (secondary N) is 3. The fraction of sp³-hybridized carbons (Fsp3) is 0.355. The first-order chi connectivity index (χ1) is 21.0. The van der Waals surface area contributed by atoms with Gasteiger partial charge in [-0.1, -0.05) is 53.1 Å². The number of ether oxygens (including phenoxy) is 3. The summed E-state index contributed by atoms with van der Waals surface area (Å²) in [4.78, 5) is 52.0. The quantitative estimate of drug-likeness (QED) is 0.155. The maximum Gasteiger partial charge on any atom is 0.328 e. The SMILES string of the molecule is COC(=O)[C@H](CC1=CC=C(c2c(OC)cccc2OC)C(NC(C)=O)(NC(=O)CCCCl)C1)NC(=O)c1c(Cl)cccc1Cl. The van der Waals surface area contributed by atoms with Gasteiger partial charge in [-0.25, -0.2) is 4.79 Å². The van der Waals surface area contributed by atoms with Crippen LogP contribution in [0.15, 0.2) is 54.1 Å². The fourth-order valence-electron chi connectivity index (χ4n) is 5.02. The maximum absolute atomic E-state index is 13.2. The van der Waals surface area contributed by atoms with E-state index < -0.39 is 29.5 Å². The Bertz CT molecular complexity index is 1430. The predicted molar refractivity (Wildman–Crippen MR) is 169 cm³/mol. The Morgan fingerprint density at radius 1 is 0.932 bits per heavy atom. The van der Waals surface area contributed by atoms with E-state index in [9.17, 15) is 19.2 Å². The van der Waals surface area contributed by atoms with E-state index >= 15 is 0 Å². The molecule has 1 unspecified atom stereocenters. The van der Waals surface area contributed by atoms with Crippen molar-refractivity contribution in [2.45, 2.75) is 44.3 Å². The minimum absolute atomic E-state index is 0.00644. The van der Waals surface area contributed by atoms with E-state index in [0.29, 0.717) is 34.6 Å². The van der Waals surface area contributed by atoms with Gasteiger partial charge in [0.15, 0.2) is 0 Å². The van der Waals surface area contributed by atoms with Crippen molar-refractivity contribution in [3.05, 3.63) is 75.3 Å². The van der Waals surface area contributed by atoms with E-state index in [1.165, 1.54) is 40.4 Å². The lowest BCUT2D eigenvalue weighted by Crippen LogP contribution is -2.61. The first kappa shape index (κ1) is 34.8. The molecule has 0 saturated heterocycles. The highest BCUT2D eigenvalue weighted by Crippen LogP contribution is 2.44. The van der Waals surface area contributed by atoms with Crippen LogP contribution >= 0.6 is 34.8 Å². The Hall–Kier alpha value is -3.73. The van der Waals surface area contributed by atoms with Gasteiger partial charge < -0.3 is 30.2 Å². The lowest BCUT2D eigenvalue weighted by molar-refractivity contribution is -0.143. The lowest BCUT2D eigenvalue weighted by Gasteiger charge is -2.41. The fourth-order valence-corrected chi connectivity index (χ4v) is 5.72. The minimum Gasteiger partial charge on any atom is -0.496 e. The highest BCUT2D eigenvalue weighted by molar-refractivity contribution is 6.39. The van der Waals surface area contributed by atoms with Gasteiger partial charge >= 0.3 is 5.97 Å². The van der Waals surface area contributed by atoms with Crippen molar-refractivity contribution in [2.75, 3.05) is 27.2 Å². The second-order valence-electron chi connectivity index (χ2n) is 9.90. The van der Waals surface area contributed by atoms with Gasteiger partial charge in [0, 0.05) is 31.2 Å². The van der Waals surface area contributed by atoms with Crippen LogP contribution < -0.4 is 25.4 Å². The molecule has 0 saturated carbocycles. The van der Waals surface area contributed by atoms with E-state index in [0.717, 1.165) is 0 Å². The van der Waals surface area contributed by atoms with Crippen LogP contribution in [-0.2, 0) is 19.1 Å². The normalized spacial score (nSPS) is 16.5. The molecule has 1 aliphatic carbocycles. The summed E-state index contributed by atoms with van der Waals surface area (Å²) in [5.74, 6) is -1.06. The number of amides is 3. The minimum atomic E-state index is -1.50. The highest BCUT2D eigenvalue weighted by Gasteiger charge is 2.43. The molecule has 2 atom stereocenters. The Morgan fingerprint density at radius 3 is 2.09 bits per heavy atom. The molecular formula is C31H34Cl3N3O7. The molecule has 0 fully saturated rings. The van der Waals surface area contributed by atoms with Crippen LogP contribution in [0.5, 0.6) is 11.5 Å². The van der Waals surface area contributed by atoms with E-state index in [2.05, 4.69) is 16.0 Å². The molecule has 0 bridgehead atoms. The van der Waals surface area contributed by atoms with E-state index in [1.807, 2.05) is 0 Å². The van der Waals surface area contributed by atoms with Gasteiger partial charge in [-0.15, -0.1) is 11.6 Å². The summed E-state index contributed by atoms with van der Waals surface area (Å²) in [5.41, 5.74) is 0.0802. The average molecular weight is 667 g/mol. The number of methoxy groups -OCH3 is 3. The number of hydrogen-bond acceptors (Lipinski definition) is 7. The van der Waals surface area contributed by atoms with E-state index in [-0.39, 0.29) is 46.7 Å². The predicted octanol–water partition coefficient (Wildman–Crippen LogP) is 5.05. The summed E-state index contributed by atoms with van der Waals surface area (Å²) in [5, 5.41) is 8.78. The summed E-state index contributed by atoms with van der Waals surface area (Å²) in [6.45, 7) is 1.33. The number of carbonyl (C=O) groups is 4. The van der Waals surface area contributed by atoms with Gasteiger partial charge in [0.05, 0.1) is 42.5 Å². The van der Waals surface area contributed by atoms with Gasteiger partial charge in [-0.05, 0) is 37.1 Å². The van der Waals surface area contributed by atoms with Crippen LogP contribution in [0.25, 0.3) is 5.57 Å². The van der Waals surface area contributed by atoms with Crippen LogP contribution in [0.1, 0.15) is 48.5 Å². The molecule has 2 aromatic rings. The lowest BCUT2D eigenvalue weighted by atomic mass is 9.80. The Balaban J connectivity index is 2.12. The Morgan fingerprint density at radius 2 is 1.55 bits per heavy atom. The number of alkyl halides is 1. The first-order valence-corrected chi connectivity index (χ1v) is 14.9. The van der Waals surface area contributed by atoms with Gasteiger partial charge in [-0.3, -0.25) is 14.4 Å². The molecule has 1 aliphatic rings. The number of carbonyl (C=O) groups excluding carboxylic acids is 4. The molecule has 13 heteroatoms. The summed E-state index contributed by atoms with van der Waals surface area (Å²) >= 11 is 18.3. The van der Waals surface area contributed by atoms with Crippen molar-refractivity contribution in [1.29, 1.82) is 0 Å². The molecule has 0 spiro atoms. The third-order valence-electron chi connectivity index (χ3n) is 6.86. The average Bonchev–Trinajstić information content (AvgIpc) is 2.98. The number of benzene rings is 2. The van der Waals surface area contributed by atoms with Crippen LogP contribution in [0.4, 0.5) is 0 Å². The van der Waals surface area contributed by atoms with Crippen molar-refractivity contribution in [1.82, 2.24) is 16.0 Å². The molecule has 0 heterocycles. The number of esters is 1. The molecule has 3 rings (SSSR count). The molecule has 0 aliphatic heterocycles. The Labute approximate surface area is 271 Å². The molecule has 3 amide bonds. The zero-order valence-corrected chi connectivity index (χ0v) is 27.0. The van der Waals surface area contributed by atoms with Gasteiger partial charge in [0.25, 0.3) is 5.91 Å². The molecule has 0 aromatic heterocycles. The van der Waals surface area contributed by atoms with Crippen LogP contribution in [0.3, 0.4) is 0 Å². The van der Waals surface area contributed by atoms with Gasteiger partial charge in [0.2, 0.25) is 11.8 Å². The molecule has 44 heavy (non-hydrogen) atoms. The maximum atomic E-state index is 13.2. The van der Waals surface area contributed by atoms with Crippen molar-refractivity contribution >= 4 is 64.1 Å². The molecule has 2 aromatic carbocycles. The van der Waals surface area contributed by atoms with Gasteiger partial charge in [0.1, 0.15) is 23.2 Å². The van der Waals surface area contributed by atoms with Crippen LogP contribution in [0, 0.1) is 0 Å². The van der Waals surface area contributed by atoms with Crippen LogP contribution in [0.2, 0.25) is 10.0 Å². The second-order valence-corrected chi connectivity index (χ2v) is 11.1. The van der Waals surface area contributed by atoms with Crippen molar-refractivity contribution in [2.24, 2.45) is 0 Å². The Kier molecular flexibility index (Phi) is 12.5. The standard InChI is InChI=1S/C31H34Cl3N3O7/c1-18(38)36-31(37-26(39)12-7-15-32)17-19(13-14-20(31)27-24(42-2)10-6-11-25(27)43-3)16-23(30(41)44-4)35-29(40)28-21(33)8-5-9-22(28)34/h5-6,8-11,13-14,23H,7,12,15-17H2,1-4H3,(H,35,40)(H,36,38)(H,37,39)/t23-,31?/m0/s1. The number of rotatable bonds is 13. The highest BCUT2D eigenvalue weighted by atomic mass is 35.5. The zero-order valence-electron chi connectivity index (χ0n) is 24.7. The molecule has 3 N–H and O–H groups in total. The monoisotopic (exact) mass is 665 g/mol. The largest absolute Gasteiger partial charge is 0.496 e. The molecule has 10 nitrogen and oxygen atoms in total. The summed E-state index contributed by atoms with van der Waals surface area (Å²) in [7, 11) is 4.19.